The van der Waals surface area contributed by atoms with E-state index < -0.39 is 0 Å². The second-order valence-electron chi connectivity index (χ2n) is 7.34. The van der Waals surface area contributed by atoms with Gasteiger partial charge in [0.2, 0.25) is 5.91 Å². The largest absolute Gasteiger partial charge is 0.352 e. The van der Waals surface area contributed by atoms with Gasteiger partial charge in [0.05, 0.1) is 21.8 Å². The maximum Gasteiger partial charge on any atom is 0.266 e. The van der Waals surface area contributed by atoms with Crippen LogP contribution in [0.5, 0.6) is 0 Å². The Labute approximate surface area is 168 Å². The molecule has 1 aromatic heterocycles. The first-order chi connectivity index (χ1) is 13.5. The molecule has 1 heterocycles. The SMILES string of the molecule is Cc1cccc(C)c1-n1c(S[C@H](C)C(=O)NC2CC2)nc2ccccc2c1=O. The molecule has 0 saturated heterocycles. The minimum atomic E-state index is -0.343. The molecule has 4 rings (SSSR count). The molecule has 1 atom stereocenters. The monoisotopic (exact) mass is 393 g/mol. The summed E-state index contributed by atoms with van der Waals surface area (Å²) in [5, 5.41) is 3.80. The molecule has 28 heavy (non-hydrogen) atoms. The smallest absolute Gasteiger partial charge is 0.266 e. The van der Waals surface area contributed by atoms with E-state index in [-0.39, 0.29) is 16.7 Å². The van der Waals surface area contributed by atoms with E-state index in [0.29, 0.717) is 22.1 Å². The third-order valence-electron chi connectivity index (χ3n) is 4.98. The Kier molecular flexibility index (Phi) is 4.98. The van der Waals surface area contributed by atoms with Crippen LogP contribution in [-0.4, -0.2) is 26.8 Å². The second kappa shape index (κ2) is 7.43. The lowest BCUT2D eigenvalue weighted by Crippen LogP contribution is -2.33. The van der Waals surface area contributed by atoms with Crippen molar-refractivity contribution in [3.8, 4) is 5.69 Å². The third kappa shape index (κ3) is 3.56. The predicted molar refractivity (Wildman–Crippen MR) is 113 cm³/mol. The van der Waals surface area contributed by atoms with E-state index in [0.717, 1.165) is 29.7 Å². The van der Waals surface area contributed by atoms with Crippen molar-refractivity contribution in [2.45, 2.75) is 50.1 Å². The lowest BCUT2D eigenvalue weighted by atomic mass is 10.1. The second-order valence-corrected chi connectivity index (χ2v) is 8.64. The Morgan fingerprint density at radius 3 is 2.50 bits per heavy atom. The van der Waals surface area contributed by atoms with Gasteiger partial charge in [-0.05, 0) is 56.9 Å². The molecule has 1 aliphatic rings. The van der Waals surface area contributed by atoms with Gasteiger partial charge in [-0.2, -0.15) is 0 Å². The van der Waals surface area contributed by atoms with Crippen molar-refractivity contribution in [2.75, 3.05) is 0 Å². The maximum atomic E-state index is 13.4. The van der Waals surface area contributed by atoms with Crippen LogP contribution in [0.15, 0.2) is 52.4 Å². The molecule has 1 aliphatic carbocycles. The number of aromatic nitrogens is 2. The van der Waals surface area contributed by atoms with Crippen molar-refractivity contribution in [1.82, 2.24) is 14.9 Å². The molecule has 1 fully saturated rings. The molecule has 0 unspecified atom stereocenters. The van der Waals surface area contributed by atoms with Gasteiger partial charge in [-0.1, -0.05) is 42.1 Å². The van der Waals surface area contributed by atoms with E-state index >= 15 is 0 Å². The first-order valence-corrected chi connectivity index (χ1v) is 10.4. The molecular weight excluding hydrogens is 370 g/mol. The summed E-state index contributed by atoms with van der Waals surface area (Å²) in [6.07, 6.45) is 2.09. The highest BCUT2D eigenvalue weighted by molar-refractivity contribution is 8.00. The van der Waals surface area contributed by atoms with Gasteiger partial charge in [-0.25, -0.2) is 4.98 Å². The van der Waals surface area contributed by atoms with Crippen molar-refractivity contribution in [3.05, 3.63) is 63.9 Å². The molecule has 3 aromatic rings. The molecule has 0 radical (unpaired) electrons. The van der Waals surface area contributed by atoms with E-state index in [1.54, 1.807) is 10.6 Å². The van der Waals surface area contributed by atoms with Crippen LogP contribution in [0.25, 0.3) is 16.6 Å². The standard InChI is InChI=1S/C22H23N3O2S/c1-13-7-6-8-14(2)19(13)25-21(27)17-9-4-5-10-18(17)24-22(25)28-15(3)20(26)23-16-11-12-16/h4-10,15-16H,11-12H2,1-3H3,(H,23,26)/t15-/m1/s1. The molecule has 0 spiro atoms. The number of para-hydroxylation sites is 2. The molecule has 6 heteroatoms. The maximum absolute atomic E-state index is 13.4. The van der Waals surface area contributed by atoms with Crippen LogP contribution in [0, 0.1) is 13.8 Å². The number of carbonyl (C=O) groups excluding carboxylic acids is 1. The lowest BCUT2D eigenvalue weighted by molar-refractivity contribution is -0.120. The fraction of sp³-hybridized carbons (Fsp3) is 0.318. The average Bonchev–Trinajstić information content (AvgIpc) is 3.48. The van der Waals surface area contributed by atoms with Crippen LogP contribution in [0.4, 0.5) is 0 Å². The number of rotatable bonds is 5. The fourth-order valence-corrected chi connectivity index (χ4v) is 4.23. The molecule has 1 saturated carbocycles. The highest BCUT2D eigenvalue weighted by Crippen LogP contribution is 2.28. The molecule has 5 nitrogen and oxygen atoms in total. The summed E-state index contributed by atoms with van der Waals surface area (Å²) in [4.78, 5) is 30.6. The summed E-state index contributed by atoms with van der Waals surface area (Å²) < 4.78 is 1.67. The predicted octanol–water partition coefficient (Wildman–Crippen LogP) is 3.76. The van der Waals surface area contributed by atoms with Gasteiger partial charge >= 0.3 is 0 Å². The van der Waals surface area contributed by atoms with E-state index in [1.165, 1.54) is 11.8 Å². The van der Waals surface area contributed by atoms with Crippen molar-refractivity contribution in [1.29, 1.82) is 0 Å². The van der Waals surface area contributed by atoms with Gasteiger partial charge in [-0.3, -0.25) is 14.2 Å². The number of hydrogen-bond donors (Lipinski definition) is 1. The number of nitrogens with one attached hydrogen (secondary N) is 1. The summed E-state index contributed by atoms with van der Waals surface area (Å²) in [6.45, 7) is 5.84. The van der Waals surface area contributed by atoms with Crippen LogP contribution >= 0.6 is 11.8 Å². The summed E-state index contributed by atoms with van der Waals surface area (Å²) in [5.41, 5.74) is 3.36. The number of fused-ring (bicyclic) bond motifs is 1. The van der Waals surface area contributed by atoms with E-state index in [1.807, 2.05) is 57.2 Å². The van der Waals surface area contributed by atoms with Gasteiger partial charge < -0.3 is 5.32 Å². The summed E-state index contributed by atoms with van der Waals surface area (Å²) in [6, 6.07) is 13.6. The molecule has 0 aliphatic heterocycles. The Morgan fingerprint density at radius 2 is 1.82 bits per heavy atom. The number of carbonyl (C=O) groups is 1. The van der Waals surface area contributed by atoms with Gasteiger partial charge in [0.15, 0.2) is 5.16 Å². The Morgan fingerprint density at radius 1 is 1.14 bits per heavy atom. The Balaban J connectivity index is 1.86. The average molecular weight is 394 g/mol. The molecule has 2 aromatic carbocycles. The lowest BCUT2D eigenvalue weighted by Gasteiger charge is -2.19. The summed E-state index contributed by atoms with van der Waals surface area (Å²) >= 11 is 1.33. The zero-order valence-electron chi connectivity index (χ0n) is 16.2. The number of aryl methyl sites for hydroxylation is 2. The number of thioether (sulfide) groups is 1. The zero-order valence-corrected chi connectivity index (χ0v) is 17.0. The summed E-state index contributed by atoms with van der Waals surface area (Å²) in [7, 11) is 0. The normalized spacial score (nSPS) is 14.8. The highest BCUT2D eigenvalue weighted by atomic mass is 32.2. The number of hydrogen-bond acceptors (Lipinski definition) is 4. The van der Waals surface area contributed by atoms with E-state index in [4.69, 9.17) is 4.98 Å². The number of nitrogens with zero attached hydrogens (tertiary/aromatic N) is 2. The molecule has 0 bridgehead atoms. The minimum absolute atomic E-state index is 0.0111. The van der Waals surface area contributed by atoms with Crippen LogP contribution in [-0.2, 0) is 4.79 Å². The number of amides is 1. The quantitative estimate of drug-likeness (QED) is 0.529. The Hall–Kier alpha value is -2.60. The van der Waals surface area contributed by atoms with Crippen molar-refractivity contribution < 1.29 is 4.79 Å². The van der Waals surface area contributed by atoms with Crippen molar-refractivity contribution in [3.63, 3.8) is 0 Å². The van der Waals surface area contributed by atoms with Crippen LogP contribution < -0.4 is 10.9 Å². The third-order valence-corrected chi connectivity index (χ3v) is 6.04. The van der Waals surface area contributed by atoms with E-state index in [9.17, 15) is 9.59 Å². The molecule has 1 amide bonds. The topological polar surface area (TPSA) is 64.0 Å². The van der Waals surface area contributed by atoms with Gasteiger partial charge in [0.25, 0.3) is 5.56 Å². The van der Waals surface area contributed by atoms with Crippen LogP contribution in [0.2, 0.25) is 0 Å². The van der Waals surface area contributed by atoms with Crippen molar-refractivity contribution in [2.24, 2.45) is 0 Å². The number of benzene rings is 2. The molecular formula is C22H23N3O2S. The Bertz CT molecular complexity index is 1100. The minimum Gasteiger partial charge on any atom is -0.352 e. The first kappa shape index (κ1) is 18.7. The van der Waals surface area contributed by atoms with Gasteiger partial charge in [0, 0.05) is 6.04 Å². The van der Waals surface area contributed by atoms with E-state index in [2.05, 4.69) is 5.32 Å². The van der Waals surface area contributed by atoms with Crippen LogP contribution in [0.1, 0.15) is 30.9 Å². The first-order valence-electron chi connectivity index (χ1n) is 9.51. The zero-order chi connectivity index (χ0) is 19.8. The fourth-order valence-electron chi connectivity index (χ4n) is 3.30. The summed E-state index contributed by atoms with van der Waals surface area (Å²) in [5.74, 6) is -0.0111. The van der Waals surface area contributed by atoms with Gasteiger partial charge in [-0.15, -0.1) is 0 Å². The molecule has 144 valence electrons. The van der Waals surface area contributed by atoms with Crippen LogP contribution in [0.3, 0.4) is 0 Å². The highest BCUT2D eigenvalue weighted by Gasteiger charge is 2.27. The van der Waals surface area contributed by atoms with Crippen molar-refractivity contribution >= 4 is 28.6 Å². The van der Waals surface area contributed by atoms with Gasteiger partial charge in [0.1, 0.15) is 0 Å². The molecule has 1 N–H and O–H groups in total.